The summed E-state index contributed by atoms with van der Waals surface area (Å²) in [7, 11) is 0. The molecule has 1 atom stereocenters. The van der Waals surface area contributed by atoms with E-state index in [9.17, 15) is 0 Å². The van der Waals surface area contributed by atoms with Gasteiger partial charge in [0.1, 0.15) is 0 Å². The Morgan fingerprint density at radius 3 is 2.50 bits per heavy atom. The van der Waals surface area contributed by atoms with Crippen molar-refractivity contribution in [1.29, 1.82) is 0 Å². The van der Waals surface area contributed by atoms with Gasteiger partial charge in [-0.15, -0.1) is 24.0 Å². The molecule has 0 saturated carbocycles. The van der Waals surface area contributed by atoms with Crippen LogP contribution in [-0.4, -0.2) is 35.3 Å². The first kappa shape index (κ1) is 27.5. The van der Waals surface area contributed by atoms with Crippen LogP contribution in [0.3, 0.4) is 0 Å². The smallest absolute Gasteiger partial charge is 0.192 e. The molecule has 1 aromatic heterocycles. The van der Waals surface area contributed by atoms with Gasteiger partial charge in [0, 0.05) is 25.5 Å². The average molecular weight is 578 g/mol. The minimum absolute atomic E-state index is 0. The average Bonchev–Trinajstić information content (AvgIpc) is 3.32. The van der Waals surface area contributed by atoms with Crippen molar-refractivity contribution in [2.75, 3.05) is 19.8 Å². The number of nitrogens with zero attached hydrogens (tertiary/aromatic N) is 3. The zero-order valence-corrected chi connectivity index (χ0v) is 22.8. The van der Waals surface area contributed by atoms with E-state index in [2.05, 4.69) is 64.4 Å². The Bertz CT molecular complexity index is 1020. The van der Waals surface area contributed by atoms with Crippen LogP contribution in [0, 0.1) is 0 Å². The molecule has 3 aromatic rings. The van der Waals surface area contributed by atoms with Gasteiger partial charge in [0.15, 0.2) is 17.5 Å². The third-order valence-electron chi connectivity index (χ3n) is 5.10. The number of nitrogens with one attached hydrogen (secondary N) is 2. The minimum Gasteiger partial charge on any atom is -0.490 e. The van der Waals surface area contributed by atoms with E-state index in [0.717, 1.165) is 41.7 Å². The maximum Gasteiger partial charge on any atom is 0.192 e. The first-order chi connectivity index (χ1) is 16.1. The number of aromatic nitrogens is 2. The molecule has 0 aliphatic heterocycles. The molecule has 34 heavy (non-hydrogen) atoms. The van der Waals surface area contributed by atoms with E-state index in [4.69, 9.17) is 14.5 Å². The molecule has 0 aliphatic carbocycles. The fourth-order valence-electron chi connectivity index (χ4n) is 3.53. The lowest BCUT2D eigenvalue weighted by molar-refractivity contribution is 0.287. The van der Waals surface area contributed by atoms with E-state index in [-0.39, 0.29) is 30.0 Å². The van der Waals surface area contributed by atoms with Crippen LogP contribution in [0.15, 0.2) is 66.2 Å². The first-order valence-electron chi connectivity index (χ1n) is 11.6. The van der Waals surface area contributed by atoms with Crippen LogP contribution >= 0.6 is 24.0 Å². The van der Waals surface area contributed by atoms with E-state index in [0.29, 0.717) is 19.8 Å². The van der Waals surface area contributed by atoms with Gasteiger partial charge in [0.2, 0.25) is 0 Å². The summed E-state index contributed by atoms with van der Waals surface area (Å²) >= 11 is 0. The predicted molar refractivity (Wildman–Crippen MR) is 148 cm³/mol. The normalized spacial score (nSPS) is 11.9. The van der Waals surface area contributed by atoms with E-state index in [1.807, 2.05) is 38.5 Å². The monoisotopic (exact) mass is 577 g/mol. The second-order valence-corrected chi connectivity index (χ2v) is 7.69. The number of benzene rings is 2. The Labute approximate surface area is 220 Å². The van der Waals surface area contributed by atoms with Crippen LogP contribution in [0.5, 0.6) is 11.5 Å². The molecule has 8 heteroatoms. The molecule has 184 valence electrons. The quantitative estimate of drug-likeness (QED) is 0.187. The number of hydrogen-bond donors (Lipinski definition) is 2. The highest BCUT2D eigenvalue weighted by atomic mass is 127. The number of guanidine groups is 1. The van der Waals surface area contributed by atoms with Gasteiger partial charge in [-0.3, -0.25) is 0 Å². The van der Waals surface area contributed by atoms with Gasteiger partial charge >= 0.3 is 0 Å². The Kier molecular flexibility index (Phi) is 11.7. The predicted octanol–water partition coefficient (Wildman–Crippen LogP) is 5.16. The highest BCUT2D eigenvalue weighted by Crippen LogP contribution is 2.30. The lowest BCUT2D eigenvalue weighted by atomic mass is 10.1. The van der Waals surface area contributed by atoms with Gasteiger partial charge in [-0.2, -0.15) is 0 Å². The zero-order chi connectivity index (χ0) is 23.5. The van der Waals surface area contributed by atoms with Crippen molar-refractivity contribution in [3.63, 3.8) is 0 Å². The number of imidazole rings is 1. The molecule has 7 nitrogen and oxygen atoms in total. The van der Waals surface area contributed by atoms with Gasteiger partial charge in [-0.05, 0) is 56.5 Å². The third-order valence-corrected chi connectivity index (χ3v) is 5.10. The van der Waals surface area contributed by atoms with Crippen LogP contribution in [0.25, 0.3) is 0 Å². The van der Waals surface area contributed by atoms with Crippen LogP contribution in [0.2, 0.25) is 0 Å². The fraction of sp³-hybridized carbons (Fsp3) is 0.385. The second-order valence-electron chi connectivity index (χ2n) is 7.69. The molecule has 0 aliphatic rings. The van der Waals surface area contributed by atoms with Gasteiger partial charge in [-0.25, -0.2) is 9.98 Å². The maximum absolute atomic E-state index is 5.78. The molecular weight excluding hydrogens is 541 g/mol. The summed E-state index contributed by atoms with van der Waals surface area (Å²) < 4.78 is 13.5. The minimum atomic E-state index is 0. The SMILES string of the molecule is CCNC(=NCc1cccc(Cn2ccnc2)c1)NC(C)c1ccc(OCC)c(OCC)c1.I. The Balaban J connectivity index is 0.00000408. The summed E-state index contributed by atoms with van der Waals surface area (Å²) in [6.45, 7) is 11.5. The van der Waals surface area contributed by atoms with Crippen molar-refractivity contribution in [3.05, 3.63) is 77.9 Å². The Morgan fingerprint density at radius 2 is 1.79 bits per heavy atom. The summed E-state index contributed by atoms with van der Waals surface area (Å²) in [5.41, 5.74) is 3.50. The number of ether oxygens (including phenoxy) is 2. The van der Waals surface area contributed by atoms with Crippen LogP contribution in [0.4, 0.5) is 0 Å². The van der Waals surface area contributed by atoms with Gasteiger partial charge in [-0.1, -0.05) is 30.3 Å². The summed E-state index contributed by atoms with van der Waals surface area (Å²) in [4.78, 5) is 8.93. The first-order valence-corrected chi connectivity index (χ1v) is 11.6. The third kappa shape index (κ3) is 8.23. The Morgan fingerprint density at radius 1 is 1.03 bits per heavy atom. The second kappa shape index (κ2) is 14.5. The number of hydrogen-bond acceptors (Lipinski definition) is 4. The topological polar surface area (TPSA) is 72.7 Å². The Hall–Kier alpha value is -2.75. The van der Waals surface area contributed by atoms with Crippen molar-refractivity contribution in [2.24, 2.45) is 4.99 Å². The molecule has 2 N–H and O–H groups in total. The van der Waals surface area contributed by atoms with Gasteiger partial charge in [0.25, 0.3) is 0 Å². The molecule has 0 spiro atoms. The van der Waals surface area contributed by atoms with E-state index in [1.165, 1.54) is 5.56 Å². The van der Waals surface area contributed by atoms with Crippen molar-refractivity contribution >= 4 is 29.9 Å². The van der Waals surface area contributed by atoms with Crippen molar-refractivity contribution in [2.45, 2.75) is 46.8 Å². The maximum atomic E-state index is 5.78. The van der Waals surface area contributed by atoms with Crippen LogP contribution in [0.1, 0.15) is 50.4 Å². The fourth-order valence-corrected chi connectivity index (χ4v) is 3.53. The van der Waals surface area contributed by atoms with Crippen molar-refractivity contribution < 1.29 is 9.47 Å². The molecule has 2 aromatic carbocycles. The van der Waals surface area contributed by atoms with E-state index in [1.54, 1.807) is 6.20 Å². The summed E-state index contributed by atoms with van der Waals surface area (Å²) in [6.07, 6.45) is 5.60. The van der Waals surface area contributed by atoms with E-state index < -0.39 is 0 Å². The largest absolute Gasteiger partial charge is 0.490 e. The molecular formula is C26H36IN5O2. The lowest BCUT2D eigenvalue weighted by Gasteiger charge is -2.20. The summed E-state index contributed by atoms with van der Waals surface area (Å²) in [5.74, 6) is 2.31. The number of rotatable bonds is 11. The van der Waals surface area contributed by atoms with Crippen LogP contribution in [-0.2, 0) is 13.1 Å². The summed E-state index contributed by atoms with van der Waals surface area (Å²) in [5, 5.41) is 6.85. The van der Waals surface area contributed by atoms with E-state index >= 15 is 0 Å². The molecule has 0 bridgehead atoms. The molecule has 0 saturated heterocycles. The zero-order valence-electron chi connectivity index (χ0n) is 20.5. The highest BCUT2D eigenvalue weighted by molar-refractivity contribution is 14.0. The van der Waals surface area contributed by atoms with Gasteiger partial charge in [0.05, 0.1) is 32.1 Å². The number of aliphatic imine (C=N–C) groups is 1. The number of halogens is 1. The molecule has 1 unspecified atom stereocenters. The van der Waals surface area contributed by atoms with Gasteiger partial charge < -0.3 is 24.7 Å². The molecule has 0 radical (unpaired) electrons. The lowest BCUT2D eigenvalue weighted by Crippen LogP contribution is -2.38. The summed E-state index contributed by atoms with van der Waals surface area (Å²) in [6, 6.07) is 14.6. The van der Waals surface area contributed by atoms with Crippen molar-refractivity contribution in [3.8, 4) is 11.5 Å². The van der Waals surface area contributed by atoms with Crippen LogP contribution < -0.4 is 20.1 Å². The molecule has 1 heterocycles. The molecule has 0 amide bonds. The molecule has 3 rings (SSSR count). The highest BCUT2D eigenvalue weighted by Gasteiger charge is 2.12. The standard InChI is InChI=1S/C26H35N5O2.HI/c1-5-28-26(29-17-21-9-8-10-22(15-21)18-31-14-13-27-19-31)30-20(4)23-11-12-24(32-6-2)25(16-23)33-7-3;/h8-16,19-20H,5-7,17-18H2,1-4H3,(H2,28,29,30);1H. The molecule has 0 fully saturated rings. The van der Waals surface area contributed by atoms with Crippen molar-refractivity contribution in [1.82, 2.24) is 20.2 Å².